The van der Waals surface area contributed by atoms with Crippen molar-refractivity contribution in [2.45, 2.75) is 54.8 Å². The third-order valence-electron chi connectivity index (χ3n) is 5.48. The van der Waals surface area contributed by atoms with E-state index in [-0.39, 0.29) is 33.3 Å². The summed E-state index contributed by atoms with van der Waals surface area (Å²) in [6, 6.07) is 8.72. The van der Waals surface area contributed by atoms with Crippen LogP contribution in [0.5, 0.6) is 0 Å². The number of benzene rings is 1. The number of pyridine rings is 1. The van der Waals surface area contributed by atoms with Crippen molar-refractivity contribution >= 4 is 33.2 Å². The van der Waals surface area contributed by atoms with E-state index in [4.69, 9.17) is 9.94 Å². The Morgan fingerprint density at radius 1 is 1.00 bits per heavy atom. The van der Waals surface area contributed by atoms with Gasteiger partial charge in [0.2, 0.25) is 0 Å². The number of aromatic carboxylic acids is 1. The Balaban J connectivity index is 1.57. The van der Waals surface area contributed by atoms with Crippen molar-refractivity contribution in [2.24, 2.45) is 5.16 Å². The molecule has 0 unspecified atom stereocenters. The van der Waals surface area contributed by atoms with Crippen LogP contribution in [0.15, 0.2) is 52.6 Å². The van der Waals surface area contributed by atoms with Crippen molar-refractivity contribution in [1.29, 1.82) is 0 Å². The van der Waals surface area contributed by atoms with Gasteiger partial charge in [-0.1, -0.05) is 17.3 Å². The summed E-state index contributed by atoms with van der Waals surface area (Å²) in [5.41, 5.74) is 0.377. The van der Waals surface area contributed by atoms with Gasteiger partial charge < -0.3 is 15.3 Å². The summed E-state index contributed by atoms with van der Waals surface area (Å²) in [6.45, 7) is 0. The smallest absolute Gasteiger partial charge is 0.337 e. The summed E-state index contributed by atoms with van der Waals surface area (Å²) in [4.78, 5) is 33.7. The highest BCUT2D eigenvalue weighted by atomic mass is 32.2. The van der Waals surface area contributed by atoms with Crippen LogP contribution in [0.4, 0.5) is 5.82 Å². The molecular formula is C22H23N3O6S. The van der Waals surface area contributed by atoms with Crippen molar-refractivity contribution < 1.29 is 28.0 Å². The third-order valence-corrected chi connectivity index (χ3v) is 7.76. The van der Waals surface area contributed by atoms with Crippen molar-refractivity contribution in [3.05, 3.63) is 53.7 Å². The number of nitrogens with zero attached hydrogens (tertiary/aromatic N) is 2. The van der Waals surface area contributed by atoms with Crippen LogP contribution in [0.3, 0.4) is 0 Å². The maximum atomic E-state index is 12.9. The highest BCUT2D eigenvalue weighted by Gasteiger charge is 2.36. The number of oxime groups is 1. The lowest BCUT2D eigenvalue weighted by molar-refractivity contribution is -0.110. The van der Waals surface area contributed by atoms with Crippen molar-refractivity contribution in [3.8, 4) is 0 Å². The SMILES string of the molecule is O=C(Nc1ccc(C(=O)O)cn1)/C(=N/OC1CCCC1)c1ccc(S(=O)(=O)C2CC2)cc1. The first-order valence-electron chi connectivity index (χ1n) is 10.4. The number of sulfone groups is 1. The Hall–Kier alpha value is -3.27. The second-order valence-electron chi connectivity index (χ2n) is 7.91. The van der Waals surface area contributed by atoms with Gasteiger partial charge in [-0.3, -0.25) is 4.79 Å². The molecule has 0 saturated heterocycles. The monoisotopic (exact) mass is 457 g/mol. The summed E-state index contributed by atoms with van der Waals surface area (Å²) < 4.78 is 24.9. The average molecular weight is 458 g/mol. The molecule has 10 heteroatoms. The quantitative estimate of drug-likeness (QED) is 0.459. The van der Waals surface area contributed by atoms with E-state index in [9.17, 15) is 18.0 Å². The van der Waals surface area contributed by atoms with Crippen LogP contribution in [0, 0.1) is 0 Å². The molecule has 2 fully saturated rings. The van der Waals surface area contributed by atoms with Crippen molar-refractivity contribution in [3.63, 3.8) is 0 Å². The minimum Gasteiger partial charge on any atom is -0.478 e. The fourth-order valence-electron chi connectivity index (χ4n) is 3.49. The molecule has 32 heavy (non-hydrogen) atoms. The average Bonchev–Trinajstić information content (AvgIpc) is 3.52. The highest BCUT2D eigenvalue weighted by Crippen LogP contribution is 2.33. The number of carboxylic acids is 1. The van der Waals surface area contributed by atoms with E-state index in [1.807, 2.05) is 0 Å². The molecule has 2 aliphatic rings. The number of amides is 1. The molecule has 0 aliphatic heterocycles. The Morgan fingerprint density at radius 3 is 2.22 bits per heavy atom. The van der Waals surface area contributed by atoms with E-state index < -0.39 is 21.7 Å². The number of anilines is 1. The summed E-state index contributed by atoms with van der Waals surface area (Å²) in [6.07, 6.45) is 6.20. The summed E-state index contributed by atoms with van der Waals surface area (Å²) in [7, 11) is -3.34. The maximum absolute atomic E-state index is 12.9. The molecule has 2 saturated carbocycles. The van der Waals surface area contributed by atoms with Crippen LogP contribution in [-0.2, 0) is 19.5 Å². The van der Waals surface area contributed by atoms with E-state index in [1.165, 1.54) is 36.4 Å². The minimum absolute atomic E-state index is 0.00563. The summed E-state index contributed by atoms with van der Waals surface area (Å²) >= 11 is 0. The summed E-state index contributed by atoms with van der Waals surface area (Å²) in [5.74, 6) is -1.57. The minimum atomic E-state index is -3.34. The van der Waals surface area contributed by atoms with E-state index in [2.05, 4.69) is 15.5 Å². The Bertz CT molecular complexity index is 1130. The lowest BCUT2D eigenvalue weighted by Crippen LogP contribution is -2.25. The normalized spacial score (nSPS) is 17.2. The van der Waals surface area contributed by atoms with Gasteiger partial charge in [0.15, 0.2) is 15.5 Å². The van der Waals surface area contributed by atoms with Gasteiger partial charge >= 0.3 is 5.97 Å². The first kappa shape index (κ1) is 21.9. The molecule has 0 bridgehead atoms. The number of aromatic nitrogens is 1. The number of carboxylic acid groups (broad SMARTS) is 1. The topological polar surface area (TPSA) is 135 Å². The molecule has 1 aromatic carbocycles. The first-order valence-corrected chi connectivity index (χ1v) is 12.0. The fourth-order valence-corrected chi connectivity index (χ4v) is 5.15. The lowest BCUT2D eigenvalue weighted by Gasteiger charge is -2.11. The van der Waals surface area contributed by atoms with Gasteiger partial charge in [-0.15, -0.1) is 0 Å². The molecule has 9 nitrogen and oxygen atoms in total. The van der Waals surface area contributed by atoms with E-state index >= 15 is 0 Å². The van der Waals surface area contributed by atoms with Crippen molar-refractivity contribution in [2.75, 3.05) is 5.32 Å². The zero-order valence-electron chi connectivity index (χ0n) is 17.2. The first-order chi connectivity index (χ1) is 15.3. The van der Waals surface area contributed by atoms with Crippen LogP contribution >= 0.6 is 0 Å². The molecule has 1 aromatic heterocycles. The van der Waals surface area contributed by atoms with Gasteiger partial charge in [0, 0.05) is 11.8 Å². The van der Waals surface area contributed by atoms with E-state index in [0.29, 0.717) is 18.4 Å². The molecule has 0 atom stereocenters. The summed E-state index contributed by atoms with van der Waals surface area (Å²) in [5, 5.41) is 15.3. The molecule has 1 amide bonds. The lowest BCUT2D eigenvalue weighted by atomic mass is 10.1. The molecule has 4 rings (SSSR count). The zero-order chi connectivity index (χ0) is 22.7. The number of nitrogens with one attached hydrogen (secondary N) is 1. The molecule has 0 radical (unpaired) electrons. The molecule has 1 heterocycles. The standard InChI is InChI=1S/C22H23N3O6S/c26-21(24-19-12-7-15(13-23-19)22(27)28)20(25-31-16-3-1-2-4-16)14-5-8-17(9-6-14)32(29,30)18-10-11-18/h5-9,12-13,16,18H,1-4,10-11H2,(H,27,28)(H,23,24,26)/b25-20+. The molecule has 168 valence electrons. The van der Waals surface area contributed by atoms with Crippen molar-refractivity contribution in [1.82, 2.24) is 4.98 Å². The maximum Gasteiger partial charge on any atom is 0.337 e. The number of carbonyl (C=O) groups excluding carboxylic acids is 1. The Morgan fingerprint density at radius 2 is 1.66 bits per heavy atom. The van der Waals surface area contributed by atoms with Gasteiger partial charge in [0.05, 0.1) is 15.7 Å². The number of hydrogen-bond donors (Lipinski definition) is 2. The molecule has 2 aliphatic carbocycles. The van der Waals surface area contributed by atoms with Gasteiger partial charge in [0.25, 0.3) is 5.91 Å². The van der Waals surface area contributed by atoms with Crippen LogP contribution < -0.4 is 5.32 Å². The van der Waals surface area contributed by atoms with Crippen LogP contribution in [0.2, 0.25) is 0 Å². The van der Waals surface area contributed by atoms with Crippen LogP contribution in [-0.4, -0.2) is 47.5 Å². The third kappa shape index (κ3) is 4.96. The second kappa shape index (κ2) is 9.07. The van der Waals surface area contributed by atoms with Gasteiger partial charge in [-0.2, -0.15) is 0 Å². The largest absolute Gasteiger partial charge is 0.478 e. The number of hydrogen-bond acceptors (Lipinski definition) is 7. The van der Waals surface area contributed by atoms with Crippen LogP contribution in [0.1, 0.15) is 54.4 Å². The van der Waals surface area contributed by atoms with E-state index in [1.54, 1.807) is 0 Å². The molecular weight excluding hydrogens is 434 g/mol. The molecule has 2 aromatic rings. The second-order valence-corrected chi connectivity index (χ2v) is 10.1. The predicted molar refractivity (Wildman–Crippen MR) is 116 cm³/mol. The van der Waals surface area contributed by atoms with E-state index in [0.717, 1.165) is 31.9 Å². The number of rotatable bonds is 8. The fraction of sp³-hybridized carbons (Fsp3) is 0.364. The Kier molecular flexibility index (Phi) is 6.22. The van der Waals surface area contributed by atoms with Gasteiger partial charge in [0.1, 0.15) is 11.9 Å². The zero-order valence-corrected chi connectivity index (χ0v) is 18.0. The highest BCUT2D eigenvalue weighted by molar-refractivity contribution is 7.92. The number of carbonyl (C=O) groups is 2. The molecule has 0 spiro atoms. The van der Waals surface area contributed by atoms with Gasteiger partial charge in [-0.05, 0) is 62.8 Å². The van der Waals surface area contributed by atoms with Crippen LogP contribution in [0.25, 0.3) is 0 Å². The Labute approximate surface area is 185 Å². The predicted octanol–water partition coefficient (Wildman–Crippen LogP) is 3.02. The molecule has 2 N–H and O–H groups in total. The van der Waals surface area contributed by atoms with Gasteiger partial charge in [-0.25, -0.2) is 18.2 Å².